The fraction of sp³-hybridized carbons (Fsp3) is 0.611. The van der Waals surface area contributed by atoms with Gasteiger partial charge in [-0.1, -0.05) is 36.8 Å². The Morgan fingerprint density at radius 3 is 2.52 bits per heavy atom. The molecule has 1 aromatic carbocycles. The number of sulfone groups is 1. The van der Waals surface area contributed by atoms with E-state index in [1.807, 2.05) is 0 Å². The molecule has 5 nitrogen and oxygen atoms in total. The molecule has 7 heteroatoms. The Bertz CT molecular complexity index is 700. The molecule has 1 saturated carbocycles. The average molecular weight is 479 g/mol. The molecule has 1 fully saturated rings. The van der Waals surface area contributed by atoms with E-state index in [2.05, 4.69) is 53.7 Å². The maximum Gasteiger partial charge on any atom is 0.191 e. The highest BCUT2D eigenvalue weighted by Gasteiger charge is 2.45. The van der Waals surface area contributed by atoms with Gasteiger partial charge in [0.25, 0.3) is 0 Å². The summed E-state index contributed by atoms with van der Waals surface area (Å²) in [4.78, 5) is 4.24. The number of rotatable bonds is 7. The summed E-state index contributed by atoms with van der Waals surface area (Å²) in [6.07, 6.45) is 3.23. The second-order valence-electron chi connectivity index (χ2n) is 7.19. The highest BCUT2D eigenvalue weighted by Crippen LogP contribution is 2.45. The molecule has 1 aliphatic carbocycles. The first-order valence-electron chi connectivity index (χ1n) is 8.42. The second kappa shape index (κ2) is 9.21. The van der Waals surface area contributed by atoms with E-state index in [1.54, 1.807) is 7.05 Å². The Balaban J connectivity index is 0.00000312. The van der Waals surface area contributed by atoms with Crippen molar-refractivity contribution in [2.45, 2.75) is 32.6 Å². The van der Waals surface area contributed by atoms with Crippen LogP contribution in [0.15, 0.2) is 29.3 Å². The molecule has 0 radical (unpaired) electrons. The van der Waals surface area contributed by atoms with Crippen LogP contribution in [-0.4, -0.2) is 46.5 Å². The molecular weight excluding hydrogens is 449 g/mol. The average Bonchev–Trinajstić information content (AvgIpc) is 3.24. The number of benzene rings is 1. The summed E-state index contributed by atoms with van der Waals surface area (Å²) < 4.78 is 23.1. The predicted molar refractivity (Wildman–Crippen MR) is 116 cm³/mol. The molecule has 1 unspecified atom stereocenters. The lowest BCUT2D eigenvalue weighted by atomic mass is 9.99. The first-order valence-corrected chi connectivity index (χ1v) is 10.5. The first kappa shape index (κ1) is 22.2. The minimum absolute atomic E-state index is 0. The van der Waals surface area contributed by atoms with Gasteiger partial charge in [0.2, 0.25) is 0 Å². The van der Waals surface area contributed by atoms with Crippen LogP contribution in [-0.2, 0) is 9.84 Å². The third kappa shape index (κ3) is 7.52. The van der Waals surface area contributed by atoms with Gasteiger partial charge in [0.05, 0.1) is 5.75 Å². The fourth-order valence-corrected chi connectivity index (χ4v) is 4.44. The van der Waals surface area contributed by atoms with Crippen LogP contribution < -0.4 is 10.6 Å². The number of hydrogen-bond donors (Lipinski definition) is 2. The Hall–Kier alpha value is -0.830. The van der Waals surface area contributed by atoms with Crippen LogP contribution in [0.4, 0.5) is 0 Å². The van der Waals surface area contributed by atoms with Crippen LogP contribution >= 0.6 is 24.0 Å². The molecule has 0 heterocycles. The van der Waals surface area contributed by atoms with Gasteiger partial charge in [-0.25, -0.2) is 8.42 Å². The van der Waals surface area contributed by atoms with Crippen molar-refractivity contribution in [3.63, 3.8) is 0 Å². The molecule has 0 bridgehead atoms. The molecule has 142 valence electrons. The van der Waals surface area contributed by atoms with Crippen molar-refractivity contribution in [1.82, 2.24) is 10.6 Å². The van der Waals surface area contributed by atoms with E-state index in [0.29, 0.717) is 12.5 Å². The summed E-state index contributed by atoms with van der Waals surface area (Å²) in [7, 11) is -1.20. The van der Waals surface area contributed by atoms with Crippen molar-refractivity contribution in [1.29, 1.82) is 0 Å². The van der Waals surface area contributed by atoms with Gasteiger partial charge in [-0.2, -0.15) is 0 Å². The number of nitrogens with one attached hydrogen (secondary N) is 2. The van der Waals surface area contributed by atoms with Crippen LogP contribution in [0.3, 0.4) is 0 Å². The minimum Gasteiger partial charge on any atom is -0.356 e. The van der Waals surface area contributed by atoms with E-state index in [-0.39, 0.29) is 35.1 Å². The Labute approximate surface area is 169 Å². The maximum atomic E-state index is 11.5. The third-order valence-electron chi connectivity index (χ3n) is 4.57. The van der Waals surface area contributed by atoms with Gasteiger partial charge in [-0.15, -0.1) is 24.0 Å². The lowest BCUT2D eigenvalue weighted by Gasteiger charge is -2.20. The van der Waals surface area contributed by atoms with Crippen LogP contribution in [0.25, 0.3) is 0 Å². The van der Waals surface area contributed by atoms with Crippen molar-refractivity contribution in [2.75, 3.05) is 32.1 Å². The third-order valence-corrected chi connectivity index (χ3v) is 5.70. The number of halogens is 1. The summed E-state index contributed by atoms with van der Waals surface area (Å²) in [6.45, 7) is 5.71. The SMILES string of the molecule is CN=C(NCC(C)c1cccc(C)c1)NCC1(CS(C)(=O)=O)CC1.I. The van der Waals surface area contributed by atoms with E-state index in [4.69, 9.17) is 0 Å². The molecule has 1 aliphatic rings. The lowest BCUT2D eigenvalue weighted by molar-refractivity contribution is 0.528. The number of hydrogen-bond acceptors (Lipinski definition) is 3. The molecule has 1 aromatic rings. The Morgan fingerprint density at radius 1 is 1.32 bits per heavy atom. The molecule has 0 aliphatic heterocycles. The summed E-state index contributed by atoms with van der Waals surface area (Å²) in [6, 6.07) is 8.52. The van der Waals surface area contributed by atoms with Gasteiger partial charge in [0.1, 0.15) is 9.84 Å². The number of nitrogens with zero attached hydrogens (tertiary/aromatic N) is 1. The minimum atomic E-state index is -2.94. The zero-order valence-corrected chi connectivity index (χ0v) is 18.6. The zero-order valence-electron chi connectivity index (χ0n) is 15.5. The second-order valence-corrected chi connectivity index (χ2v) is 9.33. The highest BCUT2D eigenvalue weighted by molar-refractivity contribution is 14.0. The van der Waals surface area contributed by atoms with Crippen LogP contribution in [0.5, 0.6) is 0 Å². The highest BCUT2D eigenvalue weighted by atomic mass is 127. The van der Waals surface area contributed by atoms with E-state index in [9.17, 15) is 8.42 Å². The molecule has 25 heavy (non-hydrogen) atoms. The largest absolute Gasteiger partial charge is 0.356 e. The Morgan fingerprint density at radius 2 is 2.00 bits per heavy atom. The van der Waals surface area contributed by atoms with Crippen molar-refractivity contribution in [3.05, 3.63) is 35.4 Å². The first-order chi connectivity index (χ1) is 11.2. The normalized spacial score (nSPS) is 17.4. The smallest absolute Gasteiger partial charge is 0.191 e. The fourth-order valence-electron chi connectivity index (χ4n) is 2.94. The van der Waals surface area contributed by atoms with E-state index in [0.717, 1.165) is 25.3 Å². The maximum absolute atomic E-state index is 11.5. The quantitative estimate of drug-likeness (QED) is 0.359. The van der Waals surface area contributed by atoms with E-state index < -0.39 is 9.84 Å². The molecule has 2 rings (SSSR count). The van der Waals surface area contributed by atoms with Crippen molar-refractivity contribution < 1.29 is 8.42 Å². The summed E-state index contributed by atoms with van der Waals surface area (Å²) in [5.74, 6) is 1.35. The van der Waals surface area contributed by atoms with Gasteiger partial charge >= 0.3 is 0 Å². The van der Waals surface area contributed by atoms with Gasteiger partial charge in [0, 0.05) is 31.8 Å². The summed E-state index contributed by atoms with van der Waals surface area (Å²) in [5.41, 5.74) is 2.46. The Kier molecular flexibility index (Phi) is 8.18. The molecule has 0 saturated heterocycles. The monoisotopic (exact) mass is 479 g/mol. The molecule has 2 N–H and O–H groups in total. The summed E-state index contributed by atoms with van der Waals surface area (Å²) >= 11 is 0. The van der Waals surface area contributed by atoms with Crippen molar-refractivity contribution in [2.24, 2.45) is 10.4 Å². The van der Waals surface area contributed by atoms with Crippen molar-refractivity contribution >= 4 is 39.8 Å². The summed E-state index contributed by atoms with van der Waals surface area (Å²) in [5, 5.41) is 6.63. The van der Waals surface area contributed by atoms with Gasteiger partial charge in [-0.05, 0) is 31.2 Å². The van der Waals surface area contributed by atoms with E-state index >= 15 is 0 Å². The van der Waals surface area contributed by atoms with Gasteiger partial charge < -0.3 is 10.6 Å². The predicted octanol–water partition coefficient (Wildman–Crippen LogP) is 2.71. The molecule has 0 aromatic heterocycles. The number of aryl methyl sites for hydroxylation is 1. The molecule has 0 spiro atoms. The molecule has 0 amide bonds. The van der Waals surface area contributed by atoms with E-state index in [1.165, 1.54) is 17.4 Å². The van der Waals surface area contributed by atoms with Gasteiger partial charge in [0.15, 0.2) is 5.96 Å². The van der Waals surface area contributed by atoms with Crippen molar-refractivity contribution in [3.8, 4) is 0 Å². The number of aliphatic imine (C=N–C) groups is 1. The zero-order chi connectivity index (χ0) is 17.8. The standard InChI is InChI=1S/C18H29N3O2S.HI/c1-14-6-5-7-16(10-14)15(2)11-20-17(19-3)21-12-18(8-9-18)13-24(4,22)23;/h5-7,10,15H,8-9,11-13H2,1-4H3,(H2,19,20,21);1H. The van der Waals surface area contributed by atoms with Crippen LogP contribution in [0.2, 0.25) is 0 Å². The van der Waals surface area contributed by atoms with Crippen LogP contribution in [0, 0.1) is 12.3 Å². The number of guanidine groups is 1. The van der Waals surface area contributed by atoms with Crippen LogP contribution in [0.1, 0.15) is 36.8 Å². The molecular formula is C18H30IN3O2S. The van der Waals surface area contributed by atoms with Gasteiger partial charge in [-0.3, -0.25) is 4.99 Å². The lowest BCUT2D eigenvalue weighted by Crippen LogP contribution is -2.42. The molecule has 1 atom stereocenters. The topological polar surface area (TPSA) is 70.6 Å².